The molecule has 0 saturated heterocycles. The van der Waals surface area contributed by atoms with Crippen LogP contribution in [0.15, 0.2) is 12.3 Å². The highest BCUT2D eigenvalue weighted by molar-refractivity contribution is 5.43. The highest BCUT2D eigenvalue weighted by Crippen LogP contribution is 2.15. The smallest absolute Gasteiger partial charge is 0.141 e. The Morgan fingerprint density at radius 1 is 1.28 bits per heavy atom. The predicted octanol–water partition coefficient (Wildman–Crippen LogP) is 3.18. The monoisotopic (exact) mass is 253 g/mol. The van der Waals surface area contributed by atoms with E-state index in [0.717, 1.165) is 37.3 Å². The van der Waals surface area contributed by atoms with E-state index in [9.17, 15) is 4.39 Å². The van der Waals surface area contributed by atoms with Gasteiger partial charge in [0.15, 0.2) is 0 Å². The molecule has 0 atom stereocenters. The summed E-state index contributed by atoms with van der Waals surface area (Å²) in [7, 11) is 0. The molecule has 0 saturated carbocycles. The first-order valence-corrected chi connectivity index (χ1v) is 6.80. The third-order valence-corrected chi connectivity index (χ3v) is 3.21. The first-order valence-electron chi connectivity index (χ1n) is 6.80. The number of nitrogens with one attached hydrogen (secondary N) is 2. The summed E-state index contributed by atoms with van der Waals surface area (Å²) in [5, 5.41) is 6.53. The summed E-state index contributed by atoms with van der Waals surface area (Å²) in [6, 6.07) is 1.55. The third kappa shape index (κ3) is 4.61. The molecular formula is C14H24FN3. The summed E-state index contributed by atoms with van der Waals surface area (Å²) in [6.45, 7) is 8.81. The van der Waals surface area contributed by atoms with Crippen molar-refractivity contribution in [2.45, 2.75) is 40.2 Å². The van der Waals surface area contributed by atoms with E-state index in [2.05, 4.69) is 29.5 Å². The number of pyridine rings is 1. The summed E-state index contributed by atoms with van der Waals surface area (Å²) in [5.41, 5.74) is 0.891. The molecule has 1 heterocycles. The standard InChI is InChI=1S/C14H24FN3/c1-4-11(5-2)8-17-14-12(9-16-6-3)7-13(15)10-18-14/h7,10-11,16H,4-6,8-9H2,1-3H3,(H,17,18). The molecule has 0 aromatic carbocycles. The van der Waals surface area contributed by atoms with E-state index in [0.29, 0.717) is 12.5 Å². The number of rotatable bonds is 8. The minimum absolute atomic E-state index is 0.281. The number of anilines is 1. The van der Waals surface area contributed by atoms with Crippen molar-refractivity contribution in [3.63, 3.8) is 0 Å². The van der Waals surface area contributed by atoms with Crippen LogP contribution in [0, 0.1) is 11.7 Å². The van der Waals surface area contributed by atoms with Gasteiger partial charge in [0.25, 0.3) is 0 Å². The highest BCUT2D eigenvalue weighted by atomic mass is 19.1. The van der Waals surface area contributed by atoms with Gasteiger partial charge in [0.05, 0.1) is 6.20 Å². The van der Waals surface area contributed by atoms with E-state index >= 15 is 0 Å². The van der Waals surface area contributed by atoms with Gasteiger partial charge in [0.2, 0.25) is 0 Å². The fraction of sp³-hybridized carbons (Fsp3) is 0.643. The fourth-order valence-electron chi connectivity index (χ4n) is 1.85. The van der Waals surface area contributed by atoms with Crippen molar-refractivity contribution in [2.24, 2.45) is 5.92 Å². The lowest BCUT2D eigenvalue weighted by atomic mass is 10.0. The maximum atomic E-state index is 13.2. The SMILES string of the molecule is CCNCc1cc(F)cnc1NCC(CC)CC. The molecule has 18 heavy (non-hydrogen) atoms. The first-order chi connectivity index (χ1) is 8.71. The lowest BCUT2D eigenvalue weighted by Gasteiger charge is -2.16. The van der Waals surface area contributed by atoms with Crippen LogP contribution in [0.3, 0.4) is 0 Å². The number of aromatic nitrogens is 1. The fourth-order valence-corrected chi connectivity index (χ4v) is 1.85. The molecule has 1 rings (SSSR count). The number of nitrogens with zero attached hydrogens (tertiary/aromatic N) is 1. The summed E-state index contributed by atoms with van der Waals surface area (Å²) in [4.78, 5) is 4.15. The molecule has 0 aliphatic rings. The van der Waals surface area contributed by atoms with Gasteiger partial charge in [-0.25, -0.2) is 9.37 Å². The van der Waals surface area contributed by atoms with Crippen LogP contribution in [0.4, 0.5) is 10.2 Å². The Kier molecular flexibility index (Phi) is 6.65. The molecule has 0 radical (unpaired) electrons. The van der Waals surface area contributed by atoms with Gasteiger partial charge in [-0.15, -0.1) is 0 Å². The van der Waals surface area contributed by atoms with Gasteiger partial charge in [-0.05, 0) is 18.5 Å². The lowest BCUT2D eigenvalue weighted by molar-refractivity contribution is 0.517. The second-order valence-electron chi connectivity index (χ2n) is 4.51. The maximum absolute atomic E-state index is 13.2. The maximum Gasteiger partial charge on any atom is 0.141 e. The number of hydrogen-bond donors (Lipinski definition) is 2. The van der Waals surface area contributed by atoms with Gasteiger partial charge < -0.3 is 10.6 Å². The highest BCUT2D eigenvalue weighted by Gasteiger charge is 2.08. The van der Waals surface area contributed by atoms with Crippen molar-refractivity contribution in [3.8, 4) is 0 Å². The lowest BCUT2D eigenvalue weighted by Crippen LogP contribution is -2.18. The Morgan fingerprint density at radius 2 is 2.00 bits per heavy atom. The molecule has 0 aliphatic heterocycles. The van der Waals surface area contributed by atoms with Crippen molar-refractivity contribution in [2.75, 3.05) is 18.4 Å². The Hall–Kier alpha value is -1.16. The molecule has 1 aromatic heterocycles. The van der Waals surface area contributed by atoms with Crippen molar-refractivity contribution in [3.05, 3.63) is 23.6 Å². The Balaban J connectivity index is 2.68. The van der Waals surface area contributed by atoms with E-state index in [1.807, 2.05) is 6.92 Å². The molecule has 0 bridgehead atoms. The molecule has 3 nitrogen and oxygen atoms in total. The number of hydrogen-bond acceptors (Lipinski definition) is 3. The normalized spacial score (nSPS) is 10.9. The van der Waals surface area contributed by atoms with Gasteiger partial charge >= 0.3 is 0 Å². The quantitative estimate of drug-likeness (QED) is 0.747. The second-order valence-corrected chi connectivity index (χ2v) is 4.51. The molecule has 2 N–H and O–H groups in total. The van der Waals surface area contributed by atoms with Crippen LogP contribution >= 0.6 is 0 Å². The van der Waals surface area contributed by atoms with Crippen LogP contribution in [0.1, 0.15) is 39.2 Å². The Labute approximate surface area is 109 Å². The zero-order valence-corrected chi connectivity index (χ0v) is 11.6. The van der Waals surface area contributed by atoms with E-state index < -0.39 is 0 Å². The summed E-state index contributed by atoms with van der Waals surface area (Å²) < 4.78 is 13.2. The van der Waals surface area contributed by atoms with Crippen molar-refractivity contribution in [1.82, 2.24) is 10.3 Å². The molecule has 4 heteroatoms. The van der Waals surface area contributed by atoms with Crippen molar-refractivity contribution >= 4 is 5.82 Å². The van der Waals surface area contributed by atoms with Crippen LogP contribution < -0.4 is 10.6 Å². The zero-order valence-electron chi connectivity index (χ0n) is 11.6. The molecule has 0 aliphatic carbocycles. The van der Waals surface area contributed by atoms with Crippen LogP contribution in [-0.4, -0.2) is 18.1 Å². The predicted molar refractivity (Wildman–Crippen MR) is 74.1 cm³/mol. The van der Waals surface area contributed by atoms with Crippen LogP contribution in [0.25, 0.3) is 0 Å². The van der Waals surface area contributed by atoms with Gasteiger partial charge in [-0.3, -0.25) is 0 Å². The topological polar surface area (TPSA) is 37.0 Å². The minimum Gasteiger partial charge on any atom is -0.370 e. The number of halogens is 1. The van der Waals surface area contributed by atoms with E-state index in [1.54, 1.807) is 6.07 Å². The summed E-state index contributed by atoms with van der Waals surface area (Å²) >= 11 is 0. The van der Waals surface area contributed by atoms with E-state index in [-0.39, 0.29) is 5.82 Å². The zero-order chi connectivity index (χ0) is 13.4. The van der Waals surface area contributed by atoms with Gasteiger partial charge in [0.1, 0.15) is 11.6 Å². The molecule has 102 valence electrons. The third-order valence-electron chi connectivity index (χ3n) is 3.21. The van der Waals surface area contributed by atoms with Crippen LogP contribution in [0.2, 0.25) is 0 Å². The van der Waals surface area contributed by atoms with Gasteiger partial charge in [0, 0.05) is 18.7 Å². The van der Waals surface area contributed by atoms with Gasteiger partial charge in [-0.2, -0.15) is 0 Å². The average molecular weight is 253 g/mol. The summed E-state index contributed by atoms with van der Waals surface area (Å²) in [6.07, 6.45) is 3.56. The second kappa shape index (κ2) is 8.03. The van der Waals surface area contributed by atoms with Crippen LogP contribution in [-0.2, 0) is 6.54 Å². The van der Waals surface area contributed by atoms with Crippen molar-refractivity contribution < 1.29 is 4.39 Å². The Bertz CT molecular complexity index is 351. The molecule has 0 fully saturated rings. The minimum atomic E-state index is -0.281. The average Bonchev–Trinajstić information content (AvgIpc) is 2.39. The molecule has 1 aromatic rings. The van der Waals surface area contributed by atoms with Crippen molar-refractivity contribution in [1.29, 1.82) is 0 Å². The molecule has 0 amide bonds. The largest absolute Gasteiger partial charge is 0.370 e. The molecule has 0 unspecified atom stereocenters. The van der Waals surface area contributed by atoms with Gasteiger partial charge in [-0.1, -0.05) is 33.6 Å². The summed E-state index contributed by atoms with van der Waals surface area (Å²) in [5.74, 6) is 1.16. The molecule has 0 spiro atoms. The first kappa shape index (κ1) is 14.9. The van der Waals surface area contributed by atoms with Crippen LogP contribution in [0.5, 0.6) is 0 Å². The Morgan fingerprint density at radius 3 is 2.61 bits per heavy atom. The van der Waals surface area contributed by atoms with E-state index in [1.165, 1.54) is 6.20 Å². The molecular weight excluding hydrogens is 229 g/mol. The van der Waals surface area contributed by atoms with E-state index in [4.69, 9.17) is 0 Å².